The van der Waals surface area contributed by atoms with E-state index in [2.05, 4.69) is 20.2 Å². The first-order chi connectivity index (χ1) is 6.81. The Hall–Kier alpha value is -1.13. The molecule has 14 heavy (non-hydrogen) atoms. The van der Waals surface area contributed by atoms with Gasteiger partial charge in [-0.3, -0.25) is 10.1 Å². The monoisotopic (exact) mass is 228 g/mol. The molecule has 2 aromatic rings. The highest BCUT2D eigenvalue weighted by molar-refractivity contribution is 6.33. The van der Waals surface area contributed by atoms with Gasteiger partial charge in [0.05, 0.1) is 10.9 Å². The van der Waals surface area contributed by atoms with E-state index in [9.17, 15) is 0 Å². The maximum Gasteiger partial charge on any atom is 0.182 e. The highest BCUT2D eigenvalue weighted by Crippen LogP contribution is 2.23. The molecule has 0 aliphatic carbocycles. The Morgan fingerprint density at radius 1 is 1.43 bits per heavy atom. The van der Waals surface area contributed by atoms with Crippen LogP contribution in [0.3, 0.4) is 0 Å². The molecule has 0 aliphatic heterocycles. The van der Waals surface area contributed by atoms with Crippen molar-refractivity contribution < 1.29 is 0 Å². The molecular weight excluding hydrogens is 223 g/mol. The van der Waals surface area contributed by atoms with Gasteiger partial charge in [-0.1, -0.05) is 11.6 Å². The first kappa shape index (κ1) is 9.43. The number of hydrogen-bond donors (Lipinski definition) is 1. The highest BCUT2D eigenvalue weighted by atomic mass is 35.5. The van der Waals surface area contributed by atoms with Crippen molar-refractivity contribution in [1.29, 1.82) is 0 Å². The maximum absolute atomic E-state index is 5.92. The molecule has 72 valence electrons. The molecule has 0 spiro atoms. The summed E-state index contributed by atoms with van der Waals surface area (Å²) in [6.07, 6.45) is 3.19. The zero-order valence-electron chi connectivity index (χ0n) is 7.04. The third kappa shape index (κ3) is 1.71. The number of nitrogens with one attached hydrogen (secondary N) is 1. The molecule has 0 unspecified atom stereocenters. The second-order valence-corrected chi connectivity index (χ2v) is 3.27. The molecule has 4 nitrogen and oxygen atoms in total. The number of alkyl halides is 1. The van der Waals surface area contributed by atoms with Crippen LogP contribution < -0.4 is 0 Å². The van der Waals surface area contributed by atoms with E-state index in [1.165, 1.54) is 0 Å². The van der Waals surface area contributed by atoms with E-state index in [-0.39, 0.29) is 0 Å². The van der Waals surface area contributed by atoms with Crippen LogP contribution in [0.2, 0.25) is 5.02 Å². The Labute approximate surface area is 90.3 Å². The smallest absolute Gasteiger partial charge is 0.182 e. The minimum absolute atomic E-state index is 0.301. The Morgan fingerprint density at radius 2 is 2.29 bits per heavy atom. The quantitative estimate of drug-likeness (QED) is 0.803. The van der Waals surface area contributed by atoms with E-state index in [1.807, 2.05) is 0 Å². The summed E-state index contributed by atoms with van der Waals surface area (Å²) >= 11 is 11.5. The second-order valence-electron chi connectivity index (χ2n) is 2.59. The van der Waals surface area contributed by atoms with Gasteiger partial charge in [0.2, 0.25) is 0 Å². The molecule has 2 aromatic heterocycles. The fourth-order valence-electron chi connectivity index (χ4n) is 1.03. The summed E-state index contributed by atoms with van der Waals surface area (Å²) in [7, 11) is 0. The average Bonchev–Trinajstić information content (AvgIpc) is 2.67. The first-order valence-corrected chi connectivity index (χ1v) is 4.79. The Balaban J connectivity index is 2.44. The molecule has 6 heteroatoms. The zero-order valence-corrected chi connectivity index (χ0v) is 8.55. The summed E-state index contributed by atoms with van der Waals surface area (Å²) in [4.78, 5) is 8.02. The third-order valence-electron chi connectivity index (χ3n) is 1.67. The lowest BCUT2D eigenvalue weighted by atomic mass is 10.2. The second kappa shape index (κ2) is 3.94. The molecule has 0 radical (unpaired) electrons. The van der Waals surface area contributed by atoms with Crippen LogP contribution in [0.4, 0.5) is 0 Å². The molecule has 2 rings (SSSR count). The summed E-state index contributed by atoms with van der Waals surface area (Å²) < 4.78 is 0. The van der Waals surface area contributed by atoms with Crippen molar-refractivity contribution in [3.05, 3.63) is 29.3 Å². The fraction of sp³-hybridized carbons (Fsp3) is 0.125. The molecule has 0 atom stereocenters. The van der Waals surface area contributed by atoms with Gasteiger partial charge in [-0.2, -0.15) is 5.10 Å². The number of pyridine rings is 1. The van der Waals surface area contributed by atoms with E-state index in [4.69, 9.17) is 23.2 Å². The van der Waals surface area contributed by atoms with Gasteiger partial charge in [-0.25, -0.2) is 4.98 Å². The van der Waals surface area contributed by atoms with Gasteiger partial charge < -0.3 is 0 Å². The van der Waals surface area contributed by atoms with Crippen LogP contribution in [0.25, 0.3) is 11.4 Å². The SMILES string of the molecule is ClCc1nc(-c2ccncc2Cl)n[nH]1. The Kier molecular flexibility index (Phi) is 2.65. The van der Waals surface area contributed by atoms with Crippen LogP contribution >= 0.6 is 23.2 Å². The van der Waals surface area contributed by atoms with Crippen LogP contribution in [0.1, 0.15) is 5.82 Å². The summed E-state index contributed by atoms with van der Waals surface area (Å²) in [6, 6.07) is 1.75. The van der Waals surface area contributed by atoms with Gasteiger partial charge in [-0.05, 0) is 6.07 Å². The van der Waals surface area contributed by atoms with Gasteiger partial charge in [0.25, 0.3) is 0 Å². The molecule has 0 fully saturated rings. The number of aromatic amines is 1. The van der Waals surface area contributed by atoms with Crippen molar-refractivity contribution in [2.45, 2.75) is 5.88 Å². The Bertz CT molecular complexity index is 440. The van der Waals surface area contributed by atoms with E-state index < -0.39 is 0 Å². The van der Waals surface area contributed by atoms with Gasteiger partial charge in [0.15, 0.2) is 5.82 Å². The van der Waals surface area contributed by atoms with E-state index in [1.54, 1.807) is 18.5 Å². The lowest BCUT2D eigenvalue weighted by molar-refractivity contribution is 1.02. The molecule has 2 heterocycles. The first-order valence-electron chi connectivity index (χ1n) is 3.88. The van der Waals surface area contributed by atoms with Gasteiger partial charge in [0, 0.05) is 18.0 Å². The van der Waals surface area contributed by atoms with Crippen molar-refractivity contribution in [1.82, 2.24) is 20.2 Å². The molecule has 0 aromatic carbocycles. The highest BCUT2D eigenvalue weighted by Gasteiger charge is 2.08. The van der Waals surface area contributed by atoms with Crippen LogP contribution in [0.5, 0.6) is 0 Å². The third-order valence-corrected chi connectivity index (χ3v) is 2.23. The minimum Gasteiger partial charge on any atom is -0.263 e. The van der Waals surface area contributed by atoms with Crippen molar-refractivity contribution >= 4 is 23.2 Å². The molecule has 1 N–H and O–H groups in total. The van der Waals surface area contributed by atoms with Crippen LogP contribution in [0.15, 0.2) is 18.5 Å². The van der Waals surface area contributed by atoms with Gasteiger partial charge in [0.1, 0.15) is 5.82 Å². The number of hydrogen-bond acceptors (Lipinski definition) is 3. The summed E-state index contributed by atoms with van der Waals surface area (Å²) in [5, 5.41) is 7.22. The van der Waals surface area contributed by atoms with Gasteiger partial charge in [-0.15, -0.1) is 11.6 Å². The largest absolute Gasteiger partial charge is 0.263 e. The van der Waals surface area contributed by atoms with E-state index in [0.29, 0.717) is 22.6 Å². The number of halogens is 2. The maximum atomic E-state index is 5.92. The molecule has 0 bridgehead atoms. The minimum atomic E-state index is 0.301. The topological polar surface area (TPSA) is 54.5 Å². The predicted molar refractivity (Wildman–Crippen MR) is 54.2 cm³/mol. The van der Waals surface area contributed by atoms with Crippen molar-refractivity contribution in [3.8, 4) is 11.4 Å². The molecule has 0 amide bonds. The van der Waals surface area contributed by atoms with Crippen molar-refractivity contribution in [2.75, 3.05) is 0 Å². The average molecular weight is 229 g/mol. The van der Waals surface area contributed by atoms with Crippen LogP contribution in [0, 0.1) is 0 Å². The summed E-state index contributed by atoms with van der Waals surface area (Å²) in [6.45, 7) is 0. The van der Waals surface area contributed by atoms with E-state index >= 15 is 0 Å². The van der Waals surface area contributed by atoms with Crippen molar-refractivity contribution in [2.24, 2.45) is 0 Å². The molecule has 0 saturated heterocycles. The number of H-pyrrole nitrogens is 1. The number of rotatable bonds is 2. The van der Waals surface area contributed by atoms with Gasteiger partial charge >= 0.3 is 0 Å². The number of aromatic nitrogens is 4. The predicted octanol–water partition coefficient (Wildman–Crippen LogP) is 2.26. The fourth-order valence-corrected chi connectivity index (χ4v) is 1.36. The standard InChI is InChI=1S/C8H6Cl2N4/c9-3-7-12-8(14-13-7)5-1-2-11-4-6(5)10/h1-2,4H,3H2,(H,12,13,14). The molecular formula is C8H6Cl2N4. The van der Waals surface area contributed by atoms with Crippen molar-refractivity contribution in [3.63, 3.8) is 0 Å². The molecule has 0 aliphatic rings. The normalized spacial score (nSPS) is 10.4. The van der Waals surface area contributed by atoms with Crippen LogP contribution in [-0.4, -0.2) is 20.2 Å². The lowest BCUT2D eigenvalue weighted by Gasteiger charge is -1.95. The lowest BCUT2D eigenvalue weighted by Crippen LogP contribution is -1.83. The zero-order chi connectivity index (χ0) is 9.97. The summed E-state index contributed by atoms with van der Waals surface area (Å²) in [5.41, 5.74) is 0.745. The number of nitrogens with zero attached hydrogens (tertiary/aromatic N) is 3. The molecule has 0 saturated carbocycles. The van der Waals surface area contributed by atoms with Crippen LogP contribution in [-0.2, 0) is 5.88 Å². The van der Waals surface area contributed by atoms with E-state index in [0.717, 1.165) is 5.56 Å². The Morgan fingerprint density at radius 3 is 2.93 bits per heavy atom. The summed E-state index contributed by atoms with van der Waals surface area (Å²) in [5.74, 6) is 1.46.